The standard InChI is InChI=1S/C18H35NO/c1-17(2,3)14-10-9-13(11-14)12-18(4,5)19-15-7-6-8-16(15)20/h13-16,19-20H,6-12H2,1-5H3. The third-order valence-electron chi connectivity index (χ3n) is 5.62. The molecule has 2 nitrogen and oxygen atoms in total. The first kappa shape index (κ1) is 16.3. The second-order valence-electron chi connectivity index (χ2n) is 9.08. The Bertz CT molecular complexity index is 318. The predicted octanol–water partition coefficient (Wildman–Crippen LogP) is 4.12. The van der Waals surface area contributed by atoms with Gasteiger partial charge >= 0.3 is 0 Å². The van der Waals surface area contributed by atoms with Gasteiger partial charge in [0.25, 0.3) is 0 Å². The smallest absolute Gasteiger partial charge is 0.0693 e. The van der Waals surface area contributed by atoms with Gasteiger partial charge in [-0.2, -0.15) is 0 Å². The first-order chi connectivity index (χ1) is 9.17. The maximum Gasteiger partial charge on any atom is 0.0693 e. The van der Waals surface area contributed by atoms with Crippen molar-refractivity contribution < 1.29 is 5.11 Å². The van der Waals surface area contributed by atoms with Crippen LogP contribution >= 0.6 is 0 Å². The molecular formula is C18H35NO. The van der Waals surface area contributed by atoms with Crippen LogP contribution in [0.15, 0.2) is 0 Å². The van der Waals surface area contributed by atoms with Crippen LogP contribution in [0.2, 0.25) is 0 Å². The van der Waals surface area contributed by atoms with Gasteiger partial charge in [0.05, 0.1) is 6.10 Å². The largest absolute Gasteiger partial charge is 0.392 e. The molecule has 2 fully saturated rings. The number of nitrogens with one attached hydrogen (secondary N) is 1. The Morgan fingerprint density at radius 1 is 1.00 bits per heavy atom. The number of hydrogen-bond acceptors (Lipinski definition) is 2. The molecule has 2 heteroatoms. The average molecular weight is 281 g/mol. The van der Waals surface area contributed by atoms with Gasteiger partial charge < -0.3 is 10.4 Å². The lowest BCUT2D eigenvalue weighted by Crippen LogP contribution is -2.49. The lowest BCUT2D eigenvalue weighted by atomic mass is 9.78. The van der Waals surface area contributed by atoms with E-state index in [4.69, 9.17) is 0 Å². The fourth-order valence-electron chi connectivity index (χ4n) is 4.44. The van der Waals surface area contributed by atoms with E-state index in [1.807, 2.05) is 0 Å². The van der Waals surface area contributed by atoms with E-state index in [2.05, 4.69) is 39.9 Å². The van der Waals surface area contributed by atoms with Crippen LogP contribution in [0.4, 0.5) is 0 Å². The Morgan fingerprint density at radius 2 is 1.70 bits per heavy atom. The van der Waals surface area contributed by atoms with Gasteiger partial charge in [-0.15, -0.1) is 0 Å². The minimum absolute atomic E-state index is 0.125. The lowest BCUT2D eigenvalue weighted by molar-refractivity contribution is 0.125. The van der Waals surface area contributed by atoms with Crippen LogP contribution in [0.3, 0.4) is 0 Å². The second-order valence-corrected chi connectivity index (χ2v) is 9.08. The fraction of sp³-hybridized carbons (Fsp3) is 1.00. The van der Waals surface area contributed by atoms with Gasteiger partial charge in [-0.3, -0.25) is 0 Å². The Kier molecular flexibility index (Phi) is 4.86. The SMILES string of the molecule is CC(C)(CC1CCC(C(C)(C)C)C1)NC1CCCC1O. The third-order valence-corrected chi connectivity index (χ3v) is 5.62. The van der Waals surface area contributed by atoms with Gasteiger partial charge in [-0.1, -0.05) is 27.2 Å². The summed E-state index contributed by atoms with van der Waals surface area (Å²) in [5.41, 5.74) is 0.626. The van der Waals surface area contributed by atoms with Crippen molar-refractivity contribution in [2.24, 2.45) is 17.3 Å². The lowest BCUT2D eigenvalue weighted by Gasteiger charge is -2.34. The van der Waals surface area contributed by atoms with Crippen molar-refractivity contribution in [3.63, 3.8) is 0 Å². The molecule has 0 saturated heterocycles. The van der Waals surface area contributed by atoms with Gasteiger partial charge in [0.15, 0.2) is 0 Å². The highest BCUT2D eigenvalue weighted by atomic mass is 16.3. The van der Waals surface area contributed by atoms with Gasteiger partial charge in [0.1, 0.15) is 0 Å². The van der Waals surface area contributed by atoms with Crippen molar-refractivity contribution in [1.82, 2.24) is 5.32 Å². The molecule has 2 saturated carbocycles. The minimum atomic E-state index is -0.125. The van der Waals surface area contributed by atoms with Crippen LogP contribution in [0.1, 0.15) is 79.6 Å². The summed E-state index contributed by atoms with van der Waals surface area (Å²) in [5.74, 6) is 1.75. The van der Waals surface area contributed by atoms with Crippen LogP contribution in [0, 0.1) is 17.3 Å². The first-order valence-electron chi connectivity index (χ1n) is 8.63. The molecule has 2 aliphatic carbocycles. The Balaban J connectivity index is 1.83. The maximum absolute atomic E-state index is 10.00. The van der Waals surface area contributed by atoms with Gasteiger partial charge in [-0.25, -0.2) is 0 Å². The van der Waals surface area contributed by atoms with E-state index < -0.39 is 0 Å². The first-order valence-corrected chi connectivity index (χ1v) is 8.63. The third kappa shape index (κ3) is 4.21. The second kappa shape index (κ2) is 5.96. The zero-order valence-electron chi connectivity index (χ0n) is 14.2. The maximum atomic E-state index is 10.00. The number of rotatable bonds is 4. The molecule has 0 heterocycles. The molecule has 0 aromatic carbocycles. The van der Waals surface area contributed by atoms with E-state index in [1.54, 1.807) is 0 Å². The highest BCUT2D eigenvalue weighted by Crippen LogP contribution is 2.44. The highest BCUT2D eigenvalue weighted by molar-refractivity contribution is 4.93. The molecule has 20 heavy (non-hydrogen) atoms. The predicted molar refractivity (Wildman–Crippen MR) is 85.8 cm³/mol. The number of aliphatic hydroxyl groups is 1. The van der Waals surface area contributed by atoms with Crippen molar-refractivity contribution in [2.45, 2.75) is 97.2 Å². The van der Waals surface area contributed by atoms with Gasteiger partial charge in [0.2, 0.25) is 0 Å². The van der Waals surface area contributed by atoms with E-state index in [-0.39, 0.29) is 11.6 Å². The van der Waals surface area contributed by atoms with E-state index in [1.165, 1.54) is 32.1 Å². The number of aliphatic hydroxyl groups excluding tert-OH is 1. The van der Waals surface area contributed by atoms with E-state index in [0.29, 0.717) is 11.5 Å². The zero-order valence-corrected chi connectivity index (χ0v) is 14.2. The normalized spacial score (nSPS) is 35.7. The molecule has 0 aromatic rings. The molecule has 0 aliphatic heterocycles. The quantitative estimate of drug-likeness (QED) is 0.812. The monoisotopic (exact) mass is 281 g/mol. The molecule has 2 rings (SSSR count). The summed E-state index contributed by atoms with van der Waals surface area (Å²) in [6.45, 7) is 11.8. The molecule has 4 atom stereocenters. The molecule has 118 valence electrons. The van der Waals surface area contributed by atoms with Crippen LogP contribution in [0.25, 0.3) is 0 Å². The molecule has 4 unspecified atom stereocenters. The van der Waals surface area contributed by atoms with Crippen molar-refractivity contribution in [1.29, 1.82) is 0 Å². The van der Waals surface area contributed by atoms with Crippen LogP contribution in [-0.2, 0) is 0 Å². The van der Waals surface area contributed by atoms with Crippen LogP contribution < -0.4 is 5.32 Å². The molecule has 0 amide bonds. The topological polar surface area (TPSA) is 32.3 Å². The molecule has 2 N–H and O–H groups in total. The van der Waals surface area contributed by atoms with Gasteiger partial charge in [0, 0.05) is 11.6 Å². The fourth-order valence-corrected chi connectivity index (χ4v) is 4.44. The zero-order chi connectivity index (χ0) is 15.0. The van der Waals surface area contributed by atoms with Crippen LogP contribution in [0.5, 0.6) is 0 Å². The number of hydrogen-bond donors (Lipinski definition) is 2. The molecule has 2 aliphatic rings. The van der Waals surface area contributed by atoms with Crippen molar-refractivity contribution in [2.75, 3.05) is 0 Å². The van der Waals surface area contributed by atoms with E-state index in [0.717, 1.165) is 24.7 Å². The molecule has 0 aromatic heterocycles. The highest BCUT2D eigenvalue weighted by Gasteiger charge is 2.37. The van der Waals surface area contributed by atoms with Crippen LogP contribution in [-0.4, -0.2) is 22.8 Å². The summed E-state index contributed by atoms with van der Waals surface area (Å²) in [5, 5.41) is 13.7. The molecule has 0 radical (unpaired) electrons. The average Bonchev–Trinajstić information content (AvgIpc) is 2.87. The summed E-state index contributed by atoms with van der Waals surface area (Å²) >= 11 is 0. The molecule has 0 spiro atoms. The van der Waals surface area contributed by atoms with Gasteiger partial charge in [-0.05, 0) is 69.6 Å². The summed E-state index contributed by atoms with van der Waals surface area (Å²) in [6.07, 6.45) is 8.59. The van der Waals surface area contributed by atoms with E-state index >= 15 is 0 Å². The Morgan fingerprint density at radius 3 is 2.20 bits per heavy atom. The summed E-state index contributed by atoms with van der Waals surface area (Å²) in [6, 6.07) is 0.324. The van der Waals surface area contributed by atoms with Crippen molar-refractivity contribution in [3.05, 3.63) is 0 Å². The summed E-state index contributed by atoms with van der Waals surface area (Å²) < 4.78 is 0. The van der Waals surface area contributed by atoms with E-state index in [9.17, 15) is 5.11 Å². The molecule has 0 bridgehead atoms. The van der Waals surface area contributed by atoms with Crippen molar-refractivity contribution >= 4 is 0 Å². The molecular weight excluding hydrogens is 246 g/mol. The van der Waals surface area contributed by atoms with Crippen molar-refractivity contribution in [3.8, 4) is 0 Å². The Hall–Kier alpha value is -0.0800. The minimum Gasteiger partial charge on any atom is -0.392 e. The Labute approximate surface area is 125 Å². The summed E-state index contributed by atoms with van der Waals surface area (Å²) in [4.78, 5) is 0. The summed E-state index contributed by atoms with van der Waals surface area (Å²) in [7, 11) is 0.